The van der Waals surface area contributed by atoms with Gasteiger partial charge in [-0.2, -0.15) is 0 Å². The van der Waals surface area contributed by atoms with Crippen molar-refractivity contribution in [3.63, 3.8) is 0 Å². The minimum absolute atomic E-state index is 0.0783. The highest BCUT2D eigenvalue weighted by Gasteiger charge is 2.24. The summed E-state index contributed by atoms with van der Waals surface area (Å²) in [4.78, 5) is 25.2. The lowest BCUT2D eigenvalue weighted by molar-refractivity contribution is -0.134. The molecule has 2 rings (SSSR count). The van der Waals surface area contributed by atoms with Gasteiger partial charge in [-0.1, -0.05) is 12.1 Å². The fraction of sp³-hybridized carbons (Fsp3) is 0.412. The summed E-state index contributed by atoms with van der Waals surface area (Å²) in [5.41, 5.74) is 1.36. The van der Waals surface area contributed by atoms with E-state index in [9.17, 15) is 14.0 Å². The van der Waals surface area contributed by atoms with Crippen molar-refractivity contribution in [2.75, 3.05) is 26.2 Å². The summed E-state index contributed by atoms with van der Waals surface area (Å²) >= 11 is 0. The third-order valence-corrected chi connectivity index (χ3v) is 3.60. The number of carbonyl (C=O) groups excluding carboxylic acids is 2. The first-order valence-electron chi connectivity index (χ1n) is 7.55. The second-order valence-corrected chi connectivity index (χ2v) is 5.56. The Morgan fingerprint density at radius 2 is 2.04 bits per heavy atom. The van der Waals surface area contributed by atoms with Crippen LogP contribution in [0.5, 0.6) is 0 Å². The highest BCUT2D eigenvalue weighted by Crippen LogP contribution is 2.13. The second-order valence-electron chi connectivity index (χ2n) is 5.56. The average molecular weight is 320 g/mol. The van der Waals surface area contributed by atoms with Gasteiger partial charge in [-0.3, -0.25) is 9.59 Å². The van der Waals surface area contributed by atoms with Gasteiger partial charge in [0.1, 0.15) is 5.82 Å². The number of halogens is 1. The summed E-state index contributed by atoms with van der Waals surface area (Å²) in [5, 5.41) is 2.70. The zero-order chi connectivity index (χ0) is 16.8. The molecule has 1 aromatic rings. The maximum atomic E-state index is 12.9. The molecule has 1 unspecified atom stereocenters. The molecule has 0 spiro atoms. The fourth-order valence-corrected chi connectivity index (χ4v) is 2.41. The van der Waals surface area contributed by atoms with Crippen molar-refractivity contribution in [2.24, 2.45) is 0 Å². The van der Waals surface area contributed by atoms with E-state index in [1.165, 1.54) is 19.1 Å². The maximum absolute atomic E-state index is 12.9. The summed E-state index contributed by atoms with van der Waals surface area (Å²) in [7, 11) is 0. The SMILES string of the molecule is CC(=O)NCC1CN(C(=O)C(C)=Cc2ccc(F)cc2)CCO1. The van der Waals surface area contributed by atoms with Crippen LogP contribution in [0.3, 0.4) is 0 Å². The van der Waals surface area contributed by atoms with E-state index in [1.807, 2.05) is 0 Å². The van der Waals surface area contributed by atoms with Crippen LogP contribution in [0.15, 0.2) is 29.8 Å². The summed E-state index contributed by atoms with van der Waals surface area (Å²) in [6, 6.07) is 5.99. The Hall–Kier alpha value is -2.21. The van der Waals surface area contributed by atoms with Gasteiger partial charge in [0.25, 0.3) is 0 Å². The smallest absolute Gasteiger partial charge is 0.249 e. The Balaban J connectivity index is 1.98. The number of benzene rings is 1. The van der Waals surface area contributed by atoms with E-state index in [4.69, 9.17) is 4.74 Å². The molecule has 124 valence electrons. The van der Waals surface area contributed by atoms with Crippen molar-refractivity contribution >= 4 is 17.9 Å². The number of hydrogen-bond acceptors (Lipinski definition) is 3. The van der Waals surface area contributed by atoms with Crippen molar-refractivity contribution < 1.29 is 18.7 Å². The molecule has 6 heteroatoms. The van der Waals surface area contributed by atoms with Crippen LogP contribution < -0.4 is 5.32 Å². The zero-order valence-electron chi connectivity index (χ0n) is 13.3. The lowest BCUT2D eigenvalue weighted by atomic mass is 10.1. The van der Waals surface area contributed by atoms with E-state index < -0.39 is 0 Å². The molecule has 5 nitrogen and oxygen atoms in total. The van der Waals surface area contributed by atoms with Gasteiger partial charge in [0.15, 0.2) is 0 Å². The Kier molecular flexibility index (Phi) is 5.87. The first kappa shape index (κ1) is 17.1. The van der Waals surface area contributed by atoms with Crippen molar-refractivity contribution in [2.45, 2.75) is 20.0 Å². The number of rotatable bonds is 4. The molecule has 1 atom stereocenters. The number of carbonyl (C=O) groups is 2. The third kappa shape index (κ3) is 5.17. The van der Waals surface area contributed by atoms with E-state index in [0.717, 1.165) is 5.56 Å². The predicted octanol–water partition coefficient (Wildman–Crippen LogP) is 1.59. The quantitative estimate of drug-likeness (QED) is 0.857. The van der Waals surface area contributed by atoms with Crippen LogP contribution in [-0.4, -0.2) is 49.1 Å². The van der Waals surface area contributed by atoms with Crippen LogP contribution in [0.25, 0.3) is 6.08 Å². The lowest BCUT2D eigenvalue weighted by Gasteiger charge is -2.33. The van der Waals surface area contributed by atoms with E-state index in [2.05, 4.69) is 5.32 Å². The maximum Gasteiger partial charge on any atom is 0.249 e. The van der Waals surface area contributed by atoms with Crippen LogP contribution in [0.1, 0.15) is 19.4 Å². The van der Waals surface area contributed by atoms with Gasteiger partial charge in [0.05, 0.1) is 12.7 Å². The first-order chi connectivity index (χ1) is 11.0. The minimum Gasteiger partial charge on any atom is -0.373 e. The molecule has 0 aromatic heterocycles. The molecule has 0 saturated carbocycles. The van der Waals surface area contributed by atoms with Crippen molar-refractivity contribution in [3.05, 3.63) is 41.2 Å². The number of nitrogens with zero attached hydrogens (tertiary/aromatic N) is 1. The van der Waals surface area contributed by atoms with Crippen LogP contribution in [0.4, 0.5) is 4.39 Å². The summed E-state index contributed by atoms with van der Waals surface area (Å²) in [6.45, 7) is 4.97. The number of morpholine rings is 1. The molecule has 0 radical (unpaired) electrons. The standard InChI is InChI=1S/C17H21FN2O3/c1-12(9-14-3-5-15(18)6-4-14)17(22)20-7-8-23-16(11-20)10-19-13(2)21/h3-6,9,16H,7-8,10-11H2,1-2H3,(H,19,21). The van der Waals surface area contributed by atoms with Crippen molar-refractivity contribution in [1.29, 1.82) is 0 Å². The van der Waals surface area contributed by atoms with Gasteiger partial charge < -0.3 is 15.0 Å². The average Bonchev–Trinajstić information content (AvgIpc) is 2.54. The molecule has 23 heavy (non-hydrogen) atoms. The lowest BCUT2D eigenvalue weighted by Crippen LogP contribution is -2.49. The van der Waals surface area contributed by atoms with Gasteiger partial charge in [0, 0.05) is 32.1 Å². The molecule has 2 amide bonds. The monoisotopic (exact) mass is 320 g/mol. The predicted molar refractivity (Wildman–Crippen MR) is 85.1 cm³/mol. The van der Waals surface area contributed by atoms with Gasteiger partial charge in [0.2, 0.25) is 11.8 Å². The second kappa shape index (κ2) is 7.87. The van der Waals surface area contributed by atoms with Crippen LogP contribution >= 0.6 is 0 Å². The van der Waals surface area contributed by atoms with Crippen molar-refractivity contribution in [3.8, 4) is 0 Å². The molecule has 1 saturated heterocycles. The normalized spacial score (nSPS) is 18.7. The first-order valence-corrected chi connectivity index (χ1v) is 7.55. The van der Waals surface area contributed by atoms with Crippen molar-refractivity contribution in [1.82, 2.24) is 10.2 Å². The summed E-state index contributed by atoms with van der Waals surface area (Å²) in [5.74, 6) is -0.505. The molecule has 1 aliphatic heterocycles. The Bertz CT molecular complexity index is 598. The molecule has 1 fully saturated rings. The highest BCUT2D eigenvalue weighted by molar-refractivity contribution is 5.97. The van der Waals surface area contributed by atoms with E-state index in [1.54, 1.807) is 30.0 Å². The summed E-state index contributed by atoms with van der Waals surface area (Å²) in [6.07, 6.45) is 1.54. The molecule has 1 aliphatic rings. The third-order valence-electron chi connectivity index (χ3n) is 3.60. The Morgan fingerprint density at radius 3 is 2.70 bits per heavy atom. The molecule has 0 bridgehead atoms. The molecule has 1 heterocycles. The molecular formula is C17H21FN2O3. The molecule has 1 N–H and O–H groups in total. The number of nitrogens with one attached hydrogen (secondary N) is 1. The van der Waals surface area contributed by atoms with Gasteiger partial charge in [-0.15, -0.1) is 0 Å². The fourth-order valence-electron chi connectivity index (χ4n) is 2.41. The van der Waals surface area contributed by atoms with Gasteiger partial charge >= 0.3 is 0 Å². The number of hydrogen-bond donors (Lipinski definition) is 1. The topological polar surface area (TPSA) is 58.6 Å². The Labute approximate surface area is 135 Å². The minimum atomic E-state index is -0.305. The van der Waals surface area contributed by atoms with E-state index in [-0.39, 0.29) is 23.7 Å². The van der Waals surface area contributed by atoms with Gasteiger partial charge in [-0.25, -0.2) is 4.39 Å². The van der Waals surface area contributed by atoms with E-state index in [0.29, 0.717) is 31.8 Å². The van der Waals surface area contributed by atoms with Crippen LogP contribution in [0.2, 0.25) is 0 Å². The molecular weight excluding hydrogens is 299 g/mol. The van der Waals surface area contributed by atoms with Gasteiger partial charge in [-0.05, 0) is 30.7 Å². The molecule has 1 aromatic carbocycles. The zero-order valence-corrected chi connectivity index (χ0v) is 13.3. The largest absolute Gasteiger partial charge is 0.373 e. The Morgan fingerprint density at radius 1 is 1.35 bits per heavy atom. The van der Waals surface area contributed by atoms with E-state index >= 15 is 0 Å². The number of ether oxygens (including phenoxy) is 1. The number of amides is 2. The summed E-state index contributed by atoms with van der Waals surface area (Å²) < 4.78 is 18.5. The van der Waals surface area contributed by atoms with Crippen LogP contribution in [0, 0.1) is 5.82 Å². The highest BCUT2D eigenvalue weighted by atomic mass is 19.1. The molecule has 0 aliphatic carbocycles. The van der Waals surface area contributed by atoms with Crippen LogP contribution in [-0.2, 0) is 14.3 Å².